The van der Waals surface area contributed by atoms with Crippen molar-refractivity contribution < 1.29 is 15.0 Å². The highest BCUT2D eigenvalue weighted by Crippen LogP contribution is 2.26. The van der Waals surface area contributed by atoms with Gasteiger partial charge in [-0.05, 0) is 23.3 Å². The van der Waals surface area contributed by atoms with Gasteiger partial charge in [0.1, 0.15) is 11.7 Å². The molecule has 0 unspecified atom stereocenters. The van der Waals surface area contributed by atoms with Crippen LogP contribution in [0.25, 0.3) is 0 Å². The molecule has 2 rings (SSSR count). The standard InChI is InChI=1S/C14H12O3/c15-12-8-6-11(7-9-12)13(14(16)17)10-4-2-1-3-5-10/h1-9,13,15H,(H,16,17)/t13-/m1/s1. The number of carboxylic acids is 1. The van der Waals surface area contributed by atoms with E-state index in [-0.39, 0.29) is 5.75 Å². The molecule has 17 heavy (non-hydrogen) atoms. The van der Waals surface area contributed by atoms with Crippen LogP contribution in [0, 0.1) is 0 Å². The lowest BCUT2D eigenvalue weighted by atomic mass is 9.91. The summed E-state index contributed by atoms with van der Waals surface area (Å²) in [5.41, 5.74) is 1.38. The van der Waals surface area contributed by atoms with E-state index < -0.39 is 11.9 Å². The summed E-state index contributed by atoms with van der Waals surface area (Å²) < 4.78 is 0. The van der Waals surface area contributed by atoms with Crippen LogP contribution in [0.15, 0.2) is 54.6 Å². The molecule has 0 aliphatic rings. The van der Waals surface area contributed by atoms with Crippen molar-refractivity contribution in [2.45, 2.75) is 5.92 Å². The van der Waals surface area contributed by atoms with Crippen LogP contribution in [-0.2, 0) is 4.79 Å². The molecular weight excluding hydrogens is 216 g/mol. The minimum absolute atomic E-state index is 0.131. The summed E-state index contributed by atoms with van der Waals surface area (Å²) in [5, 5.41) is 18.5. The van der Waals surface area contributed by atoms with Crippen molar-refractivity contribution in [1.29, 1.82) is 0 Å². The minimum atomic E-state index is -0.901. The maximum atomic E-state index is 11.3. The van der Waals surface area contributed by atoms with Crippen LogP contribution in [0.2, 0.25) is 0 Å². The fourth-order valence-corrected chi connectivity index (χ4v) is 1.79. The molecule has 0 heterocycles. The van der Waals surface area contributed by atoms with E-state index >= 15 is 0 Å². The molecule has 0 aliphatic heterocycles. The zero-order valence-electron chi connectivity index (χ0n) is 9.08. The van der Waals surface area contributed by atoms with Gasteiger partial charge in [-0.1, -0.05) is 42.5 Å². The van der Waals surface area contributed by atoms with Gasteiger partial charge in [0, 0.05) is 0 Å². The Labute approximate surface area is 99.0 Å². The Morgan fingerprint density at radius 2 is 1.41 bits per heavy atom. The molecular formula is C14H12O3. The molecule has 0 bridgehead atoms. The molecule has 2 aromatic carbocycles. The van der Waals surface area contributed by atoms with Gasteiger partial charge in [-0.2, -0.15) is 0 Å². The minimum Gasteiger partial charge on any atom is -0.508 e. The number of carboxylic acid groups (broad SMARTS) is 1. The van der Waals surface area contributed by atoms with E-state index in [1.807, 2.05) is 18.2 Å². The Morgan fingerprint density at radius 3 is 1.94 bits per heavy atom. The van der Waals surface area contributed by atoms with Gasteiger partial charge in [-0.25, -0.2) is 0 Å². The molecule has 86 valence electrons. The number of benzene rings is 2. The van der Waals surface area contributed by atoms with Gasteiger partial charge in [0.2, 0.25) is 0 Å². The third kappa shape index (κ3) is 2.45. The van der Waals surface area contributed by atoms with Crippen molar-refractivity contribution in [1.82, 2.24) is 0 Å². The summed E-state index contributed by atoms with van der Waals surface area (Å²) in [4.78, 5) is 11.3. The third-order valence-corrected chi connectivity index (χ3v) is 2.61. The molecule has 0 saturated heterocycles. The van der Waals surface area contributed by atoms with Gasteiger partial charge in [-0.15, -0.1) is 0 Å². The van der Waals surface area contributed by atoms with Crippen LogP contribution in [-0.4, -0.2) is 16.2 Å². The van der Waals surface area contributed by atoms with Gasteiger partial charge in [-0.3, -0.25) is 4.79 Å². The van der Waals surface area contributed by atoms with E-state index in [9.17, 15) is 15.0 Å². The number of phenolic OH excluding ortho intramolecular Hbond substituents is 1. The molecule has 1 atom stereocenters. The van der Waals surface area contributed by atoms with Gasteiger partial charge in [0.15, 0.2) is 0 Å². The second-order valence-electron chi connectivity index (χ2n) is 3.77. The molecule has 0 aromatic heterocycles. The van der Waals surface area contributed by atoms with Crippen LogP contribution in [0.3, 0.4) is 0 Å². The summed E-state index contributed by atoms with van der Waals surface area (Å²) in [6.07, 6.45) is 0. The summed E-state index contributed by atoms with van der Waals surface area (Å²) in [5.74, 6) is -1.47. The largest absolute Gasteiger partial charge is 0.508 e. The third-order valence-electron chi connectivity index (χ3n) is 2.61. The normalized spacial score (nSPS) is 12.0. The van der Waals surface area contributed by atoms with Crippen LogP contribution < -0.4 is 0 Å². The fourth-order valence-electron chi connectivity index (χ4n) is 1.79. The molecule has 2 aromatic rings. The van der Waals surface area contributed by atoms with E-state index in [0.29, 0.717) is 5.56 Å². The van der Waals surface area contributed by atoms with Crippen LogP contribution in [0.4, 0.5) is 0 Å². The van der Waals surface area contributed by atoms with Crippen LogP contribution in [0.5, 0.6) is 5.75 Å². The lowest BCUT2D eigenvalue weighted by molar-refractivity contribution is -0.137. The highest BCUT2D eigenvalue weighted by molar-refractivity contribution is 5.80. The lowest BCUT2D eigenvalue weighted by Gasteiger charge is -2.13. The van der Waals surface area contributed by atoms with Gasteiger partial charge in [0.25, 0.3) is 0 Å². The number of rotatable bonds is 3. The SMILES string of the molecule is O=C(O)[C@H](c1ccccc1)c1ccc(O)cc1. The average molecular weight is 228 g/mol. The first-order valence-electron chi connectivity index (χ1n) is 5.25. The molecule has 0 spiro atoms. The highest BCUT2D eigenvalue weighted by atomic mass is 16.4. The average Bonchev–Trinajstić information content (AvgIpc) is 2.33. The Bertz CT molecular complexity index is 503. The molecule has 0 fully saturated rings. The van der Waals surface area contributed by atoms with Crippen molar-refractivity contribution >= 4 is 5.97 Å². The van der Waals surface area contributed by atoms with Gasteiger partial charge >= 0.3 is 5.97 Å². The Hall–Kier alpha value is -2.29. The number of aliphatic carboxylic acids is 1. The van der Waals surface area contributed by atoms with Crippen molar-refractivity contribution in [3.8, 4) is 5.75 Å². The number of phenols is 1. The second-order valence-corrected chi connectivity index (χ2v) is 3.77. The zero-order valence-corrected chi connectivity index (χ0v) is 9.08. The first-order chi connectivity index (χ1) is 8.18. The molecule has 0 amide bonds. The Morgan fingerprint density at radius 1 is 0.882 bits per heavy atom. The molecule has 0 aliphatic carbocycles. The van der Waals surface area contributed by atoms with E-state index in [0.717, 1.165) is 5.56 Å². The monoisotopic (exact) mass is 228 g/mol. The van der Waals surface area contributed by atoms with Crippen molar-refractivity contribution in [3.63, 3.8) is 0 Å². The quantitative estimate of drug-likeness (QED) is 0.849. The molecule has 3 heteroatoms. The predicted octanol–water partition coefficient (Wildman–Crippen LogP) is 2.61. The summed E-state index contributed by atoms with van der Waals surface area (Å²) in [6.45, 7) is 0. The number of hydrogen-bond acceptors (Lipinski definition) is 2. The van der Waals surface area contributed by atoms with Gasteiger partial charge < -0.3 is 10.2 Å². The summed E-state index contributed by atoms with van der Waals surface area (Å²) in [7, 11) is 0. The Kier molecular flexibility index (Phi) is 3.10. The second kappa shape index (κ2) is 4.70. The predicted molar refractivity (Wildman–Crippen MR) is 64.0 cm³/mol. The molecule has 0 radical (unpaired) electrons. The zero-order chi connectivity index (χ0) is 12.3. The topological polar surface area (TPSA) is 57.5 Å². The van der Waals surface area contributed by atoms with Crippen molar-refractivity contribution in [2.75, 3.05) is 0 Å². The highest BCUT2D eigenvalue weighted by Gasteiger charge is 2.21. The maximum Gasteiger partial charge on any atom is 0.315 e. The molecule has 3 nitrogen and oxygen atoms in total. The first kappa shape index (κ1) is 11.2. The smallest absolute Gasteiger partial charge is 0.315 e. The molecule has 0 saturated carbocycles. The lowest BCUT2D eigenvalue weighted by Crippen LogP contribution is -2.12. The maximum absolute atomic E-state index is 11.3. The number of carbonyl (C=O) groups is 1. The van der Waals surface area contributed by atoms with Crippen molar-refractivity contribution in [2.24, 2.45) is 0 Å². The van der Waals surface area contributed by atoms with Crippen LogP contribution >= 0.6 is 0 Å². The van der Waals surface area contributed by atoms with E-state index in [2.05, 4.69) is 0 Å². The first-order valence-corrected chi connectivity index (χ1v) is 5.25. The van der Waals surface area contributed by atoms with E-state index in [4.69, 9.17) is 0 Å². The van der Waals surface area contributed by atoms with Gasteiger partial charge in [0.05, 0.1) is 0 Å². The molecule has 2 N–H and O–H groups in total. The number of aromatic hydroxyl groups is 1. The van der Waals surface area contributed by atoms with E-state index in [1.165, 1.54) is 12.1 Å². The van der Waals surface area contributed by atoms with Crippen LogP contribution in [0.1, 0.15) is 17.0 Å². The summed E-state index contributed by atoms with van der Waals surface area (Å²) in [6, 6.07) is 15.3. The fraction of sp³-hybridized carbons (Fsp3) is 0.0714. The Balaban J connectivity index is 2.43. The number of hydrogen-bond donors (Lipinski definition) is 2. The van der Waals surface area contributed by atoms with E-state index in [1.54, 1.807) is 24.3 Å². The summed E-state index contributed by atoms with van der Waals surface area (Å²) >= 11 is 0. The van der Waals surface area contributed by atoms with Crippen molar-refractivity contribution in [3.05, 3.63) is 65.7 Å².